The molecule has 1 rings (SSSR count). The van der Waals surface area contributed by atoms with Crippen molar-refractivity contribution in [3.05, 3.63) is 17.0 Å². The van der Waals surface area contributed by atoms with Crippen LogP contribution in [0.25, 0.3) is 0 Å². The highest BCUT2D eigenvalue weighted by molar-refractivity contribution is 7.91. The van der Waals surface area contributed by atoms with Crippen LogP contribution in [0.5, 0.6) is 0 Å². The van der Waals surface area contributed by atoms with Gasteiger partial charge in [-0.1, -0.05) is 6.92 Å². The molecule has 0 amide bonds. The van der Waals surface area contributed by atoms with Crippen molar-refractivity contribution >= 4 is 21.4 Å². The van der Waals surface area contributed by atoms with Crippen LogP contribution in [0, 0.1) is 0 Å². The van der Waals surface area contributed by atoms with Crippen molar-refractivity contribution in [2.75, 3.05) is 20.6 Å². The van der Waals surface area contributed by atoms with Crippen LogP contribution < -0.4 is 10.1 Å². The van der Waals surface area contributed by atoms with Gasteiger partial charge in [-0.15, -0.1) is 16.2 Å². The van der Waals surface area contributed by atoms with E-state index in [1.54, 1.807) is 20.2 Å². The van der Waals surface area contributed by atoms with Crippen molar-refractivity contribution in [1.29, 1.82) is 0 Å². The van der Waals surface area contributed by atoms with Gasteiger partial charge in [-0.25, -0.2) is 13.4 Å². The number of hydrazine groups is 1. The third-order valence-corrected chi connectivity index (χ3v) is 4.75. The van der Waals surface area contributed by atoms with Gasteiger partial charge in [0.15, 0.2) is 0 Å². The summed E-state index contributed by atoms with van der Waals surface area (Å²) in [5.41, 5.74) is 0.992. The van der Waals surface area contributed by atoms with Crippen molar-refractivity contribution in [3.63, 3.8) is 0 Å². The van der Waals surface area contributed by atoms with Crippen molar-refractivity contribution in [2.45, 2.75) is 17.7 Å². The molecule has 0 aromatic carbocycles. The van der Waals surface area contributed by atoms with E-state index in [1.165, 1.54) is 16.3 Å². The Labute approximate surface area is 100 Å². The fourth-order valence-corrected chi connectivity index (χ4v) is 3.42. The van der Waals surface area contributed by atoms with Gasteiger partial charge in [0, 0.05) is 20.6 Å². The van der Waals surface area contributed by atoms with E-state index < -0.39 is 10.0 Å². The molecular formula is C9H17N3O2S2. The quantitative estimate of drug-likeness (QED) is 0.738. The Balaban J connectivity index is 2.77. The molecule has 1 aromatic rings. The average molecular weight is 263 g/mol. The van der Waals surface area contributed by atoms with Crippen molar-refractivity contribution in [1.82, 2.24) is 15.2 Å². The van der Waals surface area contributed by atoms with Gasteiger partial charge in [-0.2, -0.15) is 0 Å². The molecule has 0 aliphatic rings. The second-order valence-corrected chi connectivity index (χ2v) is 6.34. The maximum absolute atomic E-state index is 11.8. The zero-order valence-corrected chi connectivity index (χ0v) is 11.3. The molecule has 2 N–H and O–H groups in total. The maximum atomic E-state index is 11.8. The Morgan fingerprint density at radius 1 is 1.44 bits per heavy atom. The number of sulfonamides is 1. The van der Waals surface area contributed by atoms with Gasteiger partial charge in [0.05, 0.1) is 0 Å². The molecule has 0 atom stereocenters. The number of hydrogen-bond donors (Lipinski definition) is 2. The van der Waals surface area contributed by atoms with Crippen LogP contribution in [0.15, 0.2) is 15.7 Å². The Morgan fingerprint density at radius 2 is 2.12 bits per heavy atom. The summed E-state index contributed by atoms with van der Waals surface area (Å²) in [7, 11) is -0.110. The molecule has 0 aliphatic heterocycles. The summed E-state index contributed by atoms with van der Waals surface area (Å²) >= 11 is 1.23. The first-order valence-corrected chi connectivity index (χ1v) is 7.30. The highest BCUT2D eigenvalue weighted by atomic mass is 32.2. The van der Waals surface area contributed by atoms with Crippen molar-refractivity contribution < 1.29 is 8.42 Å². The number of nitrogens with one attached hydrogen (secondary N) is 2. The van der Waals surface area contributed by atoms with Crippen LogP contribution in [-0.4, -0.2) is 34.1 Å². The molecule has 1 heterocycles. The monoisotopic (exact) mass is 263 g/mol. The van der Waals surface area contributed by atoms with E-state index in [2.05, 4.69) is 10.1 Å². The largest absolute Gasteiger partial charge is 0.313 e. The zero-order valence-electron chi connectivity index (χ0n) is 9.65. The lowest BCUT2D eigenvalue weighted by Crippen LogP contribution is -2.35. The second-order valence-electron chi connectivity index (χ2n) is 3.54. The summed E-state index contributed by atoms with van der Waals surface area (Å²) in [6.45, 7) is 3.58. The Kier molecular flexibility index (Phi) is 4.88. The first kappa shape index (κ1) is 13.6. The summed E-state index contributed by atoms with van der Waals surface area (Å²) in [4.78, 5) is 2.40. The van der Waals surface area contributed by atoms with Crippen molar-refractivity contribution in [3.8, 4) is 0 Å². The Morgan fingerprint density at radius 3 is 2.69 bits per heavy atom. The first-order chi connectivity index (χ1) is 7.45. The highest BCUT2D eigenvalue weighted by Crippen LogP contribution is 2.19. The van der Waals surface area contributed by atoms with Crippen LogP contribution in [0.4, 0.5) is 0 Å². The molecule has 92 valence electrons. The molecular weight excluding hydrogens is 246 g/mol. The summed E-state index contributed by atoms with van der Waals surface area (Å²) in [5, 5.41) is 6.42. The summed E-state index contributed by atoms with van der Waals surface area (Å²) in [6, 6.07) is 1.69. The number of nitrogens with zero attached hydrogens (tertiary/aromatic N) is 1. The topological polar surface area (TPSA) is 61.4 Å². The molecule has 7 heteroatoms. The summed E-state index contributed by atoms with van der Waals surface area (Å²) in [6.07, 6.45) is 0. The van der Waals surface area contributed by atoms with E-state index in [4.69, 9.17) is 0 Å². The molecule has 16 heavy (non-hydrogen) atoms. The summed E-state index contributed by atoms with van der Waals surface area (Å²) < 4.78 is 23.9. The summed E-state index contributed by atoms with van der Waals surface area (Å²) in [5.74, 6) is 0. The maximum Gasteiger partial charge on any atom is 0.262 e. The van der Waals surface area contributed by atoms with Gasteiger partial charge in [0.25, 0.3) is 10.0 Å². The van der Waals surface area contributed by atoms with E-state index in [0.717, 1.165) is 12.1 Å². The fraction of sp³-hybridized carbons (Fsp3) is 0.556. The van der Waals surface area contributed by atoms with Crippen LogP contribution >= 0.6 is 11.3 Å². The van der Waals surface area contributed by atoms with E-state index in [9.17, 15) is 8.42 Å². The fourth-order valence-electron chi connectivity index (χ4n) is 1.14. The van der Waals surface area contributed by atoms with Gasteiger partial charge in [-0.3, -0.25) is 0 Å². The number of hydrogen-bond acceptors (Lipinski definition) is 5. The smallest absolute Gasteiger partial charge is 0.262 e. The van der Waals surface area contributed by atoms with E-state index in [1.807, 2.05) is 12.3 Å². The molecule has 5 nitrogen and oxygen atoms in total. The molecule has 0 aliphatic carbocycles. The molecule has 0 saturated carbocycles. The third-order valence-electron chi connectivity index (χ3n) is 1.78. The predicted octanol–water partition coefficient (Wildman–Crippen LogP) is 0.612. The average Bonchev–Trinajstić information content (AvgIpc) is 2.61. The third kappa shape index (κ3) is 3.84. The lowest BCUT2D eigenvalue weighted by molar-refractivity contribution is 0.364. The molecule has 0 radical (unpaired) electrons. The zero-order chi connectivity index (χ0) is 12.2. The molecule has 0 spiro atoms. The van der Waals surface area contributed by atoms with Gasteiger partial charge < -0.3 is 5.32 Å². The molecule has 0 bridgehead atoms. The Hall–Kier alpha value is -0.470. The van der Waals surface area contributed by atoms with Gasteiger partial charge in [-0.05, 0) is 23.6 Å². The predicted molar refractivity (Wildman–Crippen MR) is 65.7 cm³/mol. The number of thiophene rings is 1. The van der Waals surface area contributed by atoms with E-state index in [-0.39, 0.29) is 0 Å². The van der Waals surface area contributed by atoms with Crippen LogP contribution in [0.1, 0.15) is 12.5 Å². The lowest BCUT2D eigenvalue weighted by atomic mass is 10.3. The normalized spacial score (nSPS) is 12.2. The van der Waals surface area contributed by atoms with Gasteiger partial charge in [0.2, 0.25) is 0 Å². The van der Waals surface area contributed by atoms with Gasteiger partial charge >= 0.3 is 0 Å². The minimum atomic E-state index is -3.40. The molecule has 0 unspecified atom stereocenters. The lowest BCUT2D eigenvalue weighted by Gasteiger charge is -2.10. The molecule has 0 fully saturated rings. The van der Waals surface area contributed by atoms with Gasteiger partial charge in [0.1, 0.15) is 4.21 Å². The molecule has 0 saturated heterocycles. The minimum Gasteiger partial charge on any atom is -0.313 e. The second kappa shape index (κ2) is 5.74. The minimum absolute atomic E-state index is 0.342. The van der Waals surface area contributed by atoms with Crippen LogP contribution in [0.2, 0.25) is 0 Å². The number of rotatable bonds is 6. The van der Waals surface area contributed by atoms with E-state index in [0.29, 0.717) is 10.8 Å². The van der Waals surface area contributed by atoms with Crippen molar-refractivity contribution in [2.24, 2.45) is 0 Å². The molecule has 1 aromatic heterocycles. The van der Waals surface area contributed by atoms with Crippen LogP contribution in [0.3, 0.4) is 0 Å². The standard InChI is InChI=1S/C9H17N3O2S2/c1-4-10-6-8-5-9(15-7-8)16(13,14)11-12(2)3/h5,7,10-11H,4,6H2,1-3H3. The SMILES string of the molecule is CCNCc1csc(S(=O)(=O)NN(C)C)c1. The van der Waals surface area contributed by atoms with E-state index >= 15 is 0 Å². The van der Waals surface area contributed by atoms with Crippen LogP contribution in [-0.2, 0) is 16.6 Å². The highest BCUT2D eigenvalue weighted by Gasteiger charge is 2.17. The Bertz CT molecular complexity index is 426. The first-order valence-electron chi connectivity index (χ1n) is 4.93.